The zero-order chi connectivity index (χ0) is 17.7. The van der Waals surface area contributed by atoms with E-state index in [1.54, 1.807) is 11.6 Å². The van der Waals surface area contributed by atoms with Crippen molar-refractivity contribution in [2.24, 2.45) is 13.0 Å². The Labute approximate surface area is 148 Å². The van der Waals surface area contributed by atoms with Crippen LogP contribution < -0.4 is 5.32 Å². The molecular weight excluding hydrogens is 342 g/mol. The fraction of sp³-hybridized carbons (Fsp3) is 0.750. The molecule has 2 saturated heterocycles. The average molecular weight is 367 g/mol. The van der Waals surface area contributed by atoms with E-state index in [0.29, 0.717) is 38.4 Å². The number of amides is 1. The summed E-state index contributed by atoms with van der Waals surface area (Å²) < 4.78 is 28.6. The topological polar surface area (TPSA) is 87.5 Å². The fourth-order valence-corrected chi connectivity index (χ4v) is 5.41. The van der Waals surface area contributed by atoms with Gasteiger partial charge in [0.2, 0.25) is 5.91 Å². The third-order valence-corrected chi connectivity index (χ3v) is 7.49. The van der Waals surface area contributed by atoms with Crippen molar-refractivity contribution in [1.29, 1.82) is 0 Å². The number of nitrogens with one attached hydrogen (secondary N) is 1. The van der Waals surface area contributed by atoms with E-state index in [4.69, 9.17) is 0 Å². The summed E-state index contributed by atoms with van der Waals surface area (Å²) in [6.45, 7) is 3.21. The zero-order valence-electron chi connectivity index (χ0n) is 14.5. The number of nitrogens with zero attached hydrogens (tertiary/aromatic N) is 4. The van der Waals surface area contributed by atoms with Gasteiger partial charge in [0, 0.05) is 46.0 Å². The SMILES string of the molecule is Cn1cnc(S(=O)(=O)N2CCC3(CC2)C(=O)NCCN3CC2CC2)c1. The Morgan fingerprint density at radius 2 is 2.00 bits per heavy atom. The summed E-state index contributed by atoms with van der Waals surface area (Å²) in [6, 6.07) is 0. The number of carbonyl (C=O) groups is 1. The van der Waals surface area contributed by atoms with Gasteiger partial charge in [-0.25, -0.2) is 13.4 Å². The van der Waals surface area contributed by atoms with E-state index in [2.05, 4.69) is 15.2 Å². The highest BCUT2D eigenvalue weighted by Crippen LogP contribution is 2.37. The van der Waals surface area contributed by atoms with Crippen LogP contribution in [0.2, 0.25) is 0 Å². The molecule has 3 aliphatic rings. The van der Waals surface area contributed by atoms with E-state index in [0.717, 1.165) is 13.1 Å². The molecule has 25 heavy (non-hydrogen) atoms. The third kappa shape index (κ3) is 2.98. The maximum Gasteiger partial charge on any atom is 0.262 e. The minimum atomic E-state index is -3.59. The van der Waals surface area contributed by atoms with E-state index >= 15 is 0 Å². The molecule has 0 bridgehead atoms. The van der Waals surface area contributed by atoms with E-state index in [1.165, 1.54) is 29.7 Å². The Kier molecular flexibility index (Phi) is 4.12. The molecular formula is C16H25N5O3S. The highest BCUT2D eigenvalue weighted by molar-refractivity contribution is 7.89. The van der Waals surface area contributed by atoms with Crippen LogP contribution in [0, 0.1) is 5.92 Å². The molecule has 3 fully saturated rings. The molecule has 0 aromatic carbocycles. The van der Waals surface area contributed by atoms with E-state index < -0.39 is 15.6 Å². The highest BCUT2D eigenvalue weighted by Gasteiger charge is 2.50. The number of hydrogen-bond acceptors (Lipinski definition) is 5. The Bertz CT molecular complexity index is 762. The van der Waals surface area contributed by atoms with Crippen LogP contribution in [0.4, 0.5) is 0 Å². The van der Waals surface area contributed by atoms with Crippen molar-refractivity contribution in [1.82, 2.24) is 24.1 Å². The van der Waals surface area contributed by atoms with Gasteiger partial charge in [-0.1, -0.05) is 0 Å². The third-order valence-electron chi connectivity index (χ3n) is 5.71. The summed E-state index contributed by atoms with van der Waals surface area (Å²) >= 11 is 0. The van der Waals surface area contributed by atoms with Crippen molar-refractivity contribution in [3.63, 3.8) is 0 Å². The lowest BCUT2D eigenvalue weighted by atomic mass is 9.83. The average Bonchev–Trinajstić information content (AvgIpc) is 3.30. The molecule has 1 saturated carbocycles. The molecule has 8 nitrogen and oxygen atoms in total. The molecule has 4 rings (SSSR count). The van der Waals surface area contributed by atoms with Crippen molar-refractivity contribution in [2.75, 3.05) is 32.7 Å². The minimum Gasteiger partial charge on any atom is -0.353 e. The quantitative estimate of drug-likeness (QED) is 0.795. The Hall–Kier alpha value is -1.45. The molecule has 0 radical (unpaired) electrons. The lowest BCUT2D eigenvalue weighted by Crippen LogP contribution is -2.68. The number of aromatic nitrogens is 2. The number of hydrogen-bond donors (Lipinski definition) is 1. The lowest BCUT2D eigenvalue weighted by molar-refractivity contribution is -0.140. The predicted molar refractivity (Wildman–Crippen MR) is 91.2 cm³/mol. The van der Waals surface area contributed by atoms with Gasteiger partial charge in [-0.05, 0) is 31.6 Å². The van der Waals surface area contributed by atoms with Gasteiger partial charge >= 0.3 is 0 Å². The molecule has 1 N–H and O–H groups in total. The first-order valence-electron chi connectivity index (χ1n) is 8.93. The monoisotopic (exact) mass is 367 g/mol. The van der Waals surface area contributed by atoms with Crippen LogP contribution in [0.5, 0.6) is 0 Å². The summed E-state index contributed by atoms with van der Waals surface area (Å²) in [5.74, 6) is 0.771. The summed E-state index contributed by atoms with van der Waals surface area (Å²) in [6.07, 6.45) is 6.58. The molecule has 9 heteroatoms. The highest BCUT2D eigenvalue weighted by atomic mass is 32.2. The second-order valence-corrected chi connectivity index (χ2v) is 9.34. The predicted octanol–water partition coefficient (Wildman–Crippen LogP) is -0.215. The molecule has 0 atom stereocenters. The Balaban J connectivity index is 1.51. The number of rotatable bonds is 4. The van der Waals surface area contributed by atoms with Crippen LogP contribution in [0.3, 0.4) is 0 Å². The van der Waals surface area contributed by atoms with Crippen molar-refractivity contribution < 1.29 is 13.2 Å². The number of carbonyl (C=O) groups excluding carboxylic acids is 1. The van der Waals surface area contributed by atoms with Gasteiger partial charge in [0.1, 0.15) is 5.54 Å². The summed E-state index contributed by atoms with van der Waals surface area (Å²) in [5, 5.41) is 3.07. The van der Waals surface area contributed by atoms with Crippen molar-refractivity contribution in [3.05, 3.63) is 12.5 Å². The molecule has 3 heterocycles. The second-order valence-electron chi connectivity index (χ2n) is 7.46. The molecule has 1 spiro atoms. The van der Waals surface area contributed by atoms with Gasteiger partial charge in [-0.3, -0.25) is 9.69 Å². The van der Waals surface area contributed by atoms with E-state index in [1.807, 2.05) is 0 Å². The van der Waals surface area contributed by atoms with Crippen molar-refractivity contribution in [2.45, 2.75) is 36.2 Å². The van der Waals surface area contributed by atoms with Crippen LogP contribution in [-0.2, 0) is 21.9 Å². The van der Waals surface area contributed by atoms with Gasteiger partial charge in [0.25, 0.3) is 10.0 Å². The number of imidazole rings is 1. The van der Waals surface area contributed by atoms with E-state index in [-0.39, 0.29) is 10.9 Å². The first-order valence-corrected chi connectivity index (χ1v) is 10.4. The van der Waals surface area contributed by atoms with Crippen LogP contribution in [-0.4, -0.2) is 71.3 Å². The van der Waals surface area contributed by atoms with Crippen LogP contribution >= 0.6 is 0 Å². The molecule has 138 valence electrons. The number of sulfonamides is 1. The maximum absolute atomic E-state index is 12.8. The van der Waals surface area contributed by atoms with Crippen molar-refractivity contribution >= 4 is 15.9 Å². The molecule has 1 aliphatic carbocycles. The maximum atomic E-state index is 12.8. The fourth-order valence-electron chi connectivity index (χ4n) is 4.00. The zero-order valence-corrected chi connectivity index (χ0v) is 15.3. The van der Waals surface area contributed by atoms with Gasteiger partial charge in [0.05, 0.1) is 6.33 Å². The van der Waals surface area contributed by atoms with Crippen LogP contribution in [0.15, 0.2) is 17.6 Å². The number of piperidine rings is 1. The largest absolute Gasteiger partial charge is 0.353 e. The Morgan fingerprint density at radius 1 is 1.28 bits per heavy atom. The standard InChI is InChI=1S/C16H25N5O3S/c1-19-11-14(18-12-19)25(23,24)21-7-4-16(5-8-21)15(22)17-6-9-20(16)10-13-2-3-13/h11-13H,2-10H2,1H3,(H,17,22). The summed E-state index contributed by atoms with van der Waals surface area (Å²) in [7, 11) is -1.84. The molecule has 0 unspecified atom stereocenters. The van der Waals surface area contributed by atoms with E-state index in [9.17, 15) is 13.2 Å². The van der Waals surface area contributed by atoms with Gasteiger partial charge in [0.15, 0.2) is 5.03 Å². The minimum absolute atomic E-state index is 0.0642. The molecule has 1 aromatic heterocycles. The first kappa shape index (κ1) is 17.0. The first-order chi connectivity index (χ1) is 11.9. The molecule has 1 aromatic rings. The lowest BCUT2D eigenvalue weighted by Gasteiger charge is -2.49. The van der Waals surface area contributed by atoms with Crippen molar-refractivity contribution in [3.8, 4) is 0 Å². The Morgan fingerprint density at radius 3 is 2.60 bits per heavy atom. The van der Waals surface area contributed by atoms with Gasteiger partial charge in [-0.2, -0.15) is 4.31 Å². The van der Waals surface area contributed by atoms with Crippen LogP contribution in [0.1, 0.15) is 25.7 Å². The van der Waals surface area contributed by atoms with Crippen LogP contribution in [0.25, 0.3) is 0 Å². The van der Waals surface area contributed by atoms with Gasteiger partial charge in [-0.15, -0.1) is 0 Å². The molecule has 2 aliphatic heterocycles. The number of aryl methyl sites for hydroxylation is 1. The summed E-state index contributed by atoms with van der Waals surface area (Å²) in [5.41, 5.74) is -0.545. The van der Waals surface area contributed by atoms with Gasteiger partial charge < -0.3 is 9.88 Å². The second kappa shape index (κ2) is 6.07. The normalized spacial score (nSPS) is 25.2. The smallest absolute Gasteiger partial charge is 0.262 e. The molecule has 1 amide bonds. The summed E-state index contributed by atoms with van der Waals surface area (Å²) in [4.78, 5) is 19.0. The number of piperazine rings is 1.